The van der Waals surface area contributed by atoms with E-state index in [-0.39, 0.29) is 23.5 Å². The quantitative estimate of drug-likeness (QED) is 0.664. The number of anilines is 1. The number of halogens is 1. The van der Waals surface area contributed by atoms with E-state index in [1.807, 2.05) is 0 Å². The van der Waals surface area contributed by atoms with Gasteiger partial charge in [-0.25, -0.2) is 14.4 Å². The van der Waals surface area contributed by atoms with Crippen LogP contribution in [0.2, 0.25) is 0 Å². The molecule has 0 aliphatic carbocycles. The van der Waals surface area contributed by atoms with Crippen molar-refractivity contribution in [2.75, 3.05) is 32.1 Å². The maximum absolute atomic E-state index is 15.1. The maximum atomic E-state index is 15.1. The smallest absolute Gasteiger partial charge is 0.272 e. The van der Waals surface area contributed by atoms with E-state index in [2.05, 4.69) is 15.0 Å². The van der Waals surface area contributed by atoms with Crippen molar-refractivity contribution >= 4 is 11.7 Å². The Morgan fingerprint density at radius 3 is 2.55 bits per heavy atom. The van der Waals surface area contributed by atoms with Gasteiger partial charge in [0.1, 0.15) is 23.5 Å². The van der Waals surface area contributed by atoms with Crippen LogP contribution in [0.1, 0.15) is 10.5 Å². The van der Waals surface area contributed by atoms with Gasteiger partial charge in [0.25, 0.3) is 5.91 Å². The molecule has 0 bridgehead atoms. The van der Waals surface area contributed by atoms with Crippen LogP contribution in [0.15, 0.2) is 55.0 Å². The number of nitrogens with zero attached hydrogens (tertiary/aromatic N) is 5. The van der Waals surface area contributed by atoms with Crippen LogP contribution in [0, 0.1) is 5.82 Å². The molecule has 29 heavy (non-hydrogen) atoms. The standard InChI is InChI=1S/C21H20FN5O2/c1-26(21(28)17-5-3-4-10-23-17)15-11-27(12-15)20-18(22)19(24-13-25-20)14-6-8-16(29-2)9-7-14/h3-10,13,15H,11-12H2,1-2H3. The van der Waals surface area contributed by atoms with Crippen molar-refractivity contribution in [2.24, 2.45) is 0 Å². The summed E-state index contributed by atoms with van der Waals surface area (Å²) in [5.41, 5.74) is 1.27. The molecule has 3 heterocycles. The second kappa shape index (κ2) is 7.83. The van der Waals surface area contributed by atoms with Gasteiger partial charge in [0.05, 0.1) is 13.2 Å². The third-order valence-electron chi connectivity index (χ3n) is 5.05. The van der Waals surface area contributed by atoms with Gasteiger partial charge in [0.15, 0.2) is 11.6 Å². The first-order valence-electron chi connectivity index (χ1n) is 9.16. The largest absolute Gasteiger partial charge is 0.497 e. The molecule has 1 aliphatic heterocycles. The average molecular weight is 393 g/mol. The van der Waals surface area contributed by atoms with Crippen LogP contribution in [0.5, 0.6) is 5.75 Å². The number of carbonyl (C=O) groups excluding carboxylic acids is 1. The van der Waals surface area contributed by atoms with Crippen molar-refractivity contribution < 1.29 is 13.9 Å². The Kier molecular flexibility index (Phi) is 5.07. The number of aromatic nitrogens is 3. The lowest BCUT2D eigenvalue weighted by molar-refractivity contribution is 0.0698. The number of likely N-dealkylation sites (N-methyl/N-ethyl adjacent to an activating group) is 1. The van der Waals surface area contributed by atoms with Crippen LogP contribution < -0.4 is 9.64 Å². The van der Waals surface area contributed by atoms with Gasteiger partial charge in [-0.3, -0.25) is 9.78 Å². The van der Waals surface area contributed by atoms with E-state index in [0.717, 1.165) is 0 Å². The summed E-state index contributed by atoms with van der Waals surface area (Å²) < 4.78 is 20.2. The first-order chi connectivity index (χ1) is 14.1. The topological polar surface area (TPSA) is 71.5 Å². The molecule has 1 amide bonds. The van der Waals surface area contributed by atoms with E-state index < -0.39 is 5.82 Å². The van der Waals surface area contributed by atoms with Gasteiger partial charge in [-0.15, -0.1) is 0 Å². The number of hydrogen-bond donors (Lipinski definition) is 0. The minimum atomic E-state index is -0.477. The Hall–Kier alpha value is -3.55. The van der Waals surface area contributed by atoms with Crippen LogP contribution in [0.25, 0.3) is 11.3 Å². The fourth-order valence-electron chi connectivity index (χ4n) is 3.24. The highest BCUT2D eigenvalue weighted by Crippen LogP contribution is 2.30. The molecule has 4 rings (SSSR count). The molecule has 0 saturated carbocycles. The van der Waals surface area contributed by atoms with Crippen LogP contribution in [-0.4, -0.2) is 59.0 Å². The van der Waals surface area contributed by atoms with Crippen LogP contribution in [0.4, 0.5) is 10.2 Å². The third kappa shape index (κ3) is 3.61. The molecular formula is C21H20FN5O2. The summed E-state index contributed by atoms with van der Waals surface area (Å²) in [6.07, 6.45) is 2.94. The van der Waals surface area contributed by atoms with E-state index in [0.29, 0.717) is 30.1 Å². The van der Waals surface area contributed by atoms with Crippen molar-refractivity contribution in [3.05, 3.63) is 66.5 Å². The van der Waals surface area contributed by atoms with E-state index in [1.165, 1.54) is 6.33 Å². The van der Waals surface area contributed by atoms with Gasteiger partial charge in [-0.2, -0.15) is 0 Å². The number of benzene rings is 1. The van der Waals surface area contributed by atoms with Gasteiger partial charge >= 0.3 is 0 Å². The normalized spacial score (nSPS) is 13.7. The summed E-state index contributed by atoms with van der Waals surface area (Å²) >= 11 is 0. The van der Waals surface area contributed by atoms with Gasteiger partial charge in [-0.05, 0) is 36.4 Å². The van der Waals surface area contributed by atoms with E-state index >= 15 is 4.39 Å². The van der Waals surface area contributed by atoms with Crippen molar-refractivity contribution in [1.29, 1.82) is 0 Å². The second-order valence-electron chi connectivity index (χ2n) is 6.78. The molecule has 1 saturated heterocycles. The molecule has 0 unspecified atom stereocenters. The highest BCUT2D eigenvalue weighted by Gasteiger charge is 2.35. The number of pyridine rings is 1. The molecular weight excluding hydrogens is 373 g/mol. The SMILES string of the molecule is COc1ccc(-c2ncnc(N3CC(N(C)C(=O)c4ccccn4)C3)c2F)cc1. The molecule has 0 radical (unpaired) electrons. The Bertz CT molecular complexity index is 1010. The van der Waals surface area contributed by atoms with Gasteiger partial charge in [0.2, 0.25) is 0 Å². The van der Waals surface area contributed by atoms with Gasteiger partial charge in [-0.1, -0.05) is 6.07 Å². The van der Waals surface area contributed by atoms with Gasteiger partial charge < -0.3 is 14.5 Å². The van der Waals surface area contributed by atoms with E-state index in [9.17, 15) is 4.79 Å². The molecule has 1 aromatic carbocycles. The fourth-order valence-corrected chi connectivity index (χ4v) is 3.24. The number of carbonyl (C=O) groups is 1. The highest BCUT2D eigenvalue weighted by atomic mass is 19.1. The van der Waals surface area contributed by atoms with Crippen molar-refractivity contribution in [2.45, 2.75) is 6.04 Å². The zero-order valence-corrected chi connectivity index (χ0v) is 16.1. The number of ether oxygens (including phenoxy) is 1. The summed E-state index contributed by atoms with van der Waals surface area (Å²) in [5.74, 6) is 0.294. The Labute approximate surface area is 167 Å². The number of rotatable bonds is 5. The monoisotopic (exact) mass is 393 g/mol. The third-order valence-corrected chi connectivity index (χ3v) is 5.05. The van der Waals surface area contributed by atoms with Crippen LogP contribution >= 0.6 is 0 Å². The predicted octanol–water partition coefficient (Wildman–Crippen LogP) is 2.65. The van der Waals surface area contributed by atoms with E-state index in [4.69, 9.17) is 4.74 Å². The zero-order valence-electron chi connectivity index (χ0n) is 16.1. The summed E-state index contributed by atoms with van der Waals surface area (Å²) in [7, 11) is 3.31. The predicted molar refractivity (Wildman–Crippen MR) is 106 cm³/mol. The summed E-state index contributed by atoms with van der Waals surface area (Å²) in [5, 5.41) is 0. The molecule has 0 spiro atoms. The number of methoxy groups -OCH3 is 1. The summed E-state index contributed by atoms with van der Waals surface area (Å²) in [4.78, 5) is 28.3. The molecule has 3 aromatic rings. The van der Waals surface area contributed by atoms with Gasteiger partial charge in [0, 0.05) is 31.9 Å². The first-order valence-corrected chi connectivity index (χ1v) is 9.16. The maximum Gasteiger partial charge on any atom is 0.272 e. The lowest BCUT2D eigenvalue weighted by Crippen LogP contribution is -2.60. The minimum Gasteiger partial charge on any atom is -0.497 e. The first kappa shape index (κ1) is 18.8. The van der Waals surface area contributed by atoms with Crippen molar-refractivity contribution in [3.63, 3.8) is 0 Å². The lowest BCUT2D eigenvalue weighted by Gasteiger charge is -2.44. The minimum absolute atomic E-state index is 0.0386. The summed E-state index contributed by atoms with van der Waals surface area (Å²) in [6, 6.07) is 12.2. The van der Waals surface area contributed by atoms with Crippen LogP contribution in [-0.2, 0) is 0 Å². The molecule has 8 heteroatoms. The number of amides is 1. The van der Waals surface area contributed by atoms with Crippen molar-refractivity contribution in [3.8, 4) is 17.0 Å². The molecule has 1 fully saturated rings. The molecule has 0 N–H and O–H groups in total. The summed E-state index contributed by atoms with van der Waals surface area (Å²) in [6.45, 7) is 0.982. The molecule has 148 valence electrons. The molecule has 2 aromatic heterocycles. The average Bonchev–Trinajstić information content (AvgIpc) is 2.74. The fraction of sp³-hybridized carbons (Fsp3) is 0.238. The Balaban J connectivity index is 1.47. The molecule has 1 aliphatic rings. The second-order valence-corrected chi connectivity index (χ2v) is 6.78. The molecule has 0 atom stereocenters. The Morgan fingerprint density at radius 2 is 1.90 bits per heavy atom. The highest BCUT2D eigenvalue weighted by molar-refractivity contribution is 5.92. The van der Waals surface area contributed by atoms with Crippen LogP contribution in [0.3, 0.4) is 0 Å². The lowest BCUT2D eigenvalue weighted by atomic mass is 10.1. The number of hydrogen-bond acceptors (Lipinski definition) is 6. The Morgan fingerprint density at radius 1 is 1.14 bits per heavy atom. The zero-order chi connectivity index (χ0) is 20.4. The molecule has 7 nitrogen and oxygen atoms in total. The van der Waals surface area contributed by atoms with Crippen molar-refractivity contribution in [1.82, 2.24) is 19.9 Å². The van der Waals surface area contributed by atoms with E-state index in [1.54, 1.807) is 72.6 Å².